The van der Waals surface area contributed by atoms with Gasteiger partial charge in [0.05, 0.1) is 24.5 Å². The Morgan fingerprint density at radius 3 is 2.56 bits per heavy atom. The van der Waals surface area contributed by atoms with E-state index < -0.39 is 64.9 Å². The van der Waals surface area contributed by atoms with E-state index in [0.717, 1.165) is 6.54 Å². The van der Waals surface area contributed by atoms with E-state index in [9.17, 15) is 31.9 Å². The number of halogens is 5. The Balaban J connectivity index is 1.28. The van der Waals surface area contributed by atoms with Crippen LogP contribution in [0.15, 0.2) is 11.6 Å². The van der Waals surface area contributed by atoms with E-state index >= 15 is 0 Å². The minimum atomic E-state index is -4.49. The molecule has 43 heavy (non-hydrogen) atoms. The second-order valence-electron chi connectivity index (χ2n) is 12.6. The molecule has 5 rings (SSSR count). The molecule has 5 aliphatic rings. The second-order valence-corrected chi connectivity index (χ2v) is 13.9. The van der Waals surface area contributed by atoms with Gasteiger partial charge >= 0.3 is 6.18 Å². The molecule has 0 aromatic heterocycles. The summed E-state index contributed by atoms with van der Waals surface area (Å²) in [6.45, 7) is 3.99. The molecule has 3 heterocycles. The van der Waals surface area contributed by atoms with E-state index in [2.05, 4.69) is 31.5 Å². The molecule has 0 bridgehead atoms. The third-order valence-electron chi connectivity index (χ3n) is 9.93. The lowest BCUT2D eigenvalue weighted by Gasteiger charge is -2.47. The zero-order valence-corrected chi connectivity index (χ0v) is 26.0. The number of amides is 3. The molecular weight excluding hydrogens is 638 g/mol. The minimum Gasteiger partial charge on any atom is -0.383 e. The highest BCUT2D eigenvalue weighted by Crippen LogP contribution is 2.46. The first-order valence-electron chi connectivity index (χ1n) is 15.4. The van der Waals surface area contributed by atoms with Gasteiger partial charge in [-0.15, -0.1) is 0 Å². The summed E-state index contributed by atoms with van der Waals surface area (Å²) in [5.41, 5.74) is 0.236. The fourth-order valence-corrected chi connectivity index (χ4v) is 8.56. The van der Waals surface area contributed by atoms with Gasteiger partial charge in [0.15, 0.2) is 0 Å². The molecule has 14 heteroatoms. The van der Waals surface area contributed by atoms with Gasteiger partial charge in [-0.2, -0.15) is 13.2 Å². The van der Waals surface area contributed by atoms with Crippen molar-refractivity contribution in [3.8, 4) is 0 Å². The first-order chi connectivity index (χ1) is 20.5. The van der Waals surface area contributed by atoms with Crippen LogP contribution in [-0.2, 0) is 19.1 Å². The number of alkyl halides is 5. The Bertz CT molecular complexity index is 1070. The Hall–Kier alpha value is -1.77. The van der Waals surface area contributed by atoms with Crippen molar-refractivity contribution in [2.75, 3.05) is 59.5 Å². The molecule has 2 saturated carbocycles. The van der Waals surface area contributed by atoms with E-state index in [1.54, 1.807) is 16.9 Å². The predicted octanol–water partition coefficient (Wildman–Crippen LogP) is 2.25. The van der Waals surface area contributed by atoms with E-state index in [4.69, 9.17) is 4.74 Å². The van der Waals surface area contributed by atoms with Crippen LogP contribution in [0, 0.1) is 17.8 Å². The summed E-state index contributed by atoms with van der Waals surface area (Å²) in [6, 6.07) is -2.23. The number of hydrogen-bond acceptors (Lipinski definition) is 6. The first-order valence-corrected chi connectivity index (χ1v) is 16.3. The van der Waals surface area contributed by atoms with E-state index in [-0.39, 0.29) is 24.4 Å². The summed E-state index contributed by atoms with van der Waals surface area (Å²) in [4.78, 5) is 44.6. The Labute approximate surface area is 258 Å². The zero-order chi connectivity index (χ0) is 30.9. The van der Waals surface area contributed by atoms with Crippen molar-refractivity contribution in [1.29, 1.82) is 0 Å². The van der Waals surface area contributed by atoms with Gasteiger partial charge in [0, 0.05) is 87.4 Å². The average Bonchev–Trinajstić information content (AvgIpc) is 3.43. The Morgan fingerprint density at radius 2 is 1.86 bits per heavy atom. The van der Waals surface area contributed by atoms with E-state index in [0.29, 0.717) is 71.4 Å². The molecule has 8 atom stereocenters. The fourth-order valence-electron chi connectivity index (χ4n) is 7.75. The summed E-state index contributed by atoms with van der Waals surface area (Å²) in [5, 5.41) is 5.56. The molecule has 4 fully saturated rings. The molecule has 0 radical (unpaired) electrons. The van der Waals surface area contributed by atoms with Gasteiger partial charge in [-0.3, -0.25) is 24.2 Å². The average molecular weight is 681 g/mol. The van der Waals surface area contributed by atoms with Crippen LogP contribution in [0.25, 0.3) is 0 Å². The summed E-state index contributed by atoms with van der Waals surface area (Å²) < 4.78 is 63.2. The van der Waals surface area contributed by atoms with Crippen molar-refractivity contribution in [3.05, 3.63) is 11.6 Å². The van der Waals surface area contributed by atoms with Crippen molar-refractivity contribution in [2.24, 2.45) is 17.8 Å². The summed E-state index contributed by atoms with van der Waals surface area (Å²) in [7, 11) is 1.63. The Kier molecular flexibility index (Phi) is 10.4. The molecule has 7 unspecified atom stereocenters. The van der Waals surface area contributed by atoms with Crippen LogP contribution in [0.1, 0.15) is 38.5 Å². The number of methoxy groups -OCH3 is 1. The molecule has 3 amide bonds. The lowest BCUT2D eigenvalue weighted by molar-refractivity contribution is -0.205. The second kappa shape index (κ2) is 13.7. The maximum Gasteiger partial charge on any atom is 0.393 e. The molecule has 0 aromatic carbocycles. The molecule has 2 saturated heterocycles. The lowest BCUT2D eigenvalue weighted by atomic mass is 9.74. The highest BCUT2D eigenvalue weighted by atomic mass is 79.9. The molecule has 242 valence electrons. The van der Waals surface area contributed by atoms with Gasteiger partial charge in [0.2, 0.25) is 17.7 Å². The van der Waals surface area contributed by atoms with Crippen LogP contribution in [0.5, 0.6) is 0 Å². The number of fused-ring (bicyclic) bond motifs is 1. The molecule has 0 aromatic rings. The zero-order valence-electron chi connectivity index (χ0n) is 24.5. The van der Waals surface area contributed by atoms with Gasteiger partial charge in [0.25, 0.3) is 0 Å². The number of nitrogens with zero attached hydrogens (tertiary/aromatic N) is 3. The number of rotatable bonds is 7. The van der Waals surface area contributed by atoms with Crippen molar-refractivity contribution in [1.82, 2.24) is 25.3 Å². The topological polar surface area (TPSA) is 94.2 Å². The fraction of sp³-hybridized carbons (Fsp3) is 0.828. The summed E-state index contributed by atoms with van der Waals surface area (Å²) >= 11 is 3.42. The number of ether oxygens (including phenoxy) is 1. The van der Waals surface area contributed by atoms with Crippen molar-refractivity contribution < 1.29 is 36.7 Å². The summed E-state index contributed by atoms with van der Waals surface area (Å²) in [5.74, 6) is -4.18. The maximum atomic E-state index is 14.5. The number of carbonyl (C=O) groups excluding carboxylic acids is 3. The molecule has 2 aliphatic carbocycles. The summed E-state index contributed by atoms with van der Waals surface area (Å²) in [6.07, 6.45) is -2.38. The van der Waals surface area contributed by atoms with E-state index in [1.807, 2.05) is 0 Å². The number of carbonyl (C=O) groups is 3. The third-order valence-corrected chi connectivity index (χ3v) is 10.7. The van der Waals surface area contributed by atoms with Crippen molar-refractivity contribution >= 4 is 33.7 Å². The largest absolute Gasteiger partial charge is 0.393 e. The van der Waals surface area contributed by atoms with Crippen LogP contribution in [-0.4, -0.2) is 127 Å². The number of hydrogen-bond donors (Lipinski definition) is 2. The van der Waals surface area contributed by atoms with Crippen LogP contribution < -0.4 is 10.6 Å². The SMILES string of the molecule is COCCN1CCN(C(=O)C2CC(Br)CC(C(F)(F)F)C2N2CC[C@@H](NC(=O)C3=CC(=O)NC4C(F)CCCC34)C2)CC1. The van der Waals surface area contributed by atoms with E-state index in [1.165, 1.54) is 6.08 Å². The molecule has 3 aliphatic heterocycles. The van der Waals surface area contributed by atoms with Gasteiger partial charge in [-0.05, 0) is 38.5 Å². The Morgan fingerprint density at radius 1 is 1.12 bits per heavy atom. The monoisotopic (exact) mass is 679 g/mol. The molecule has 9 nitrogen and oxygen atoms in total. The minimum absolute atomic E-state index is 0.119. The van der Waals surface area contributed by atoms with Crippen molar-refractivity contribution in [2.45, 2.75) is 73.8 Å². The van der Waals surface area contributed by atoms with Gasteiger partial charge in [-0.1, -0.05) is 15.9 Å². The molecular formula is C29H42BrF4N5O4. The van der Waals surface area contributed by atoms with Crippen LogP contribution in [0.4, 0.5) is 17.6 Å². The number of likely N-dealkylation sites (tertiary alicyclic amines) is 1. The van der Waals surface area contributed by atoms with Crippen LogP contribution >= 0.6 is 15.9 Å². The number of nitrogens with one attached hydrogen (secondary N) is 2. The highest BCUT2D eigenvalue weighted by Gasteiger charge is 2.56. The lowest BCUT2D eigenvalue weighted by Crippen LogP contribution is -2.60. The predicted molar refractivity (Wildman–Crippen MR) is 154 cm³/mol. The van der Waals surface area contributed by atoms with Crippen molar-refractivity contribution in [3.63, 3.8) is 0 Å². The standard InChI is InChI=1S/C29H42BrF4N5O4/c1-43-12-11-37-7-9-38(10-8-37)28(42)21-13-17(30)14-22(29(32,33)34)26(21)39-6-5-18(16-39)35-27(41)20-15-24(40)36-25-19(20)3-2-4-23(25)31/h15,17-19,21-23,25-26H,2-14,16H2,1H3,(H,35,41)(H,36,40)/t17?,18-,19?,21?,22?,23?,25?,26?/m1/s1. The number of piperazine rings is 1. The highest BCUT2D eigenvalue weighted by molar-refractivity contribution is 9.09. The van der Waals surface area contributed by atoms with Gasteiger partial charge < -0.3 is 20.3 Å². The quantitative estimate of drug-likeness (QED) is 0.317. The van der Waals surface area contributed by atoms with Crippen LogP contribution in [0.3, 0.4) is 0 Å². The van der Waals surface area contributed by atoms with Crippen LogP contribution in [0.2, 0.25) is 0 Å². The third kappa shape index (κ3) is 7.38. The smallest absolute Gasteiger partial charge is 0.383 e. The molecule has 0 spiro atoms. The van der Waals surface area contributed by atoms with Gasteiger partial charge in [-0.25, -0.2) is 4.39 Å². The van der Waals surface area contributed by atoms with Gasteiger partial charge in [0.1, 0.15) is 6.17 Å². The normalized spacial score (nSPS) is 36.1. The first kappa shape index (κ1) is 32.6. The molecule has 2 N–H and O–H groups in total. The maximum absolute atomic E-state index is 14.5.